The number of thioether (sulfide) groups is 1. The van der Waals surface area contributed by atoms with Gasteiger partial charge in [-0.25, -0.2) is 0 Å². The Hall–Kier alpha value is -3.09. The highest BCUT2D eigenvalue weighted by molar-refractivity contribution is 8.00. The Balaban J connectivity index is 1.46. The number of rotatable bonds is 7. The van der Waals surface area contributed by atoms with E-state index in [2.05, 4.69) is 15.5 Å². The van der Waals surface area contributed by atoms with Gasteiger partial charge in [0.25, 0.3) is 5.22 Å². The zero-order valence-corrected chi connectivity index (χ0v) is 18.3. The SMILES string of the molecule is CC(Sc1nnc(-c2ccc(Cl)cc2)o1)C(=O)NC(c1ccccc1)c1ccccc1. The minimum Gasteiger partial charge on any atom is -0.411 e. The van der Waals surface area contributed by atoms with Crippen LogP contribution in [0, 0.1) is 0 Å². The van der Waals surface area contributed by atoms with Gasteiger partial charge in [-0.15, -0.1) is 10.2 Å². The van der Waals surface area contributed by atoms with Crippen LogP contribution in [0.1, 0.15) is 24.1 Å². The summed E-state index contributed by atoms with van der Waals surface area (Å²) in [6.45, 7) is 1.82. The van der Waals surface area contributed by atoms with Gasteiger partial charge in [-0.2, -0.15) is 0 Å². The molecular formula is C24H20ClN3O2S. The molecule has 0 aliphatic rings. The van der Waals surface area contributed by atoms with E-state index in [-0.39, 0.29) is 11.9 Å². The second-order valence-corrected chi connectivity index (χ2v) is 8.63. The molecule has 31 heavy (non-hydrogen) atoms. The number of halogens is 1. The molecule has 0 bridgehead atoms. The molecule has 7 heteroatoms. The fraction of sp³-hybridized carbons (Fsp3) is 0.125. The quantitative estimate of drug-likeness (QED) is 0.362. The molecule has 4 rings (SSSR count). The van der Waals surface area contributed by atoms with Crippen molar-refractivity contribution in [1.29, 1.82) is 0 Å². The lowest BCUT2D eigenvalue weighted by Gasteiger charge is -2.21. The Morgan fingerprint density at radius 2 is 1.48 bits per heavy atom. The highest BCUT2D eigenvalue weighted by Crippen LogP contribution is 2.28. The molecule has 0 saturated heterocycles. The summed E-state index contributed by atoms with van der Waals surface area (Å²) in [5.74, 6) is 0.271. The number of aromatic nitrogens is 2. The lowest BCUT2D eigenvalue weighted by molar-refractivity contribution is -0.120. The number of nitrogens with one attached hydrogen (secondary N) is 1. The van der Waals surface area contributed by atoms with Crippen molar-refractivity contribution in [1.82, 2.24) is 15.5 Å². The van der Waals surface area contributed by atoms with Crippen molar-refractivity contribution < 1.29 is 9.21 Å². The maximum absolute atomic E-state index is 13.0. The van der Waals surface area contributed by atoms with Crippen LogP contribution in [0.2, 0.25) is 5.02 Å². The summed E-state index contributed by atoms with van der Waals surface area (Å²) >= 11 is 7.15. The fourth-order valence-corrected chi connectivity index (χ4v) is 3.90. The molecule has 1 aromatic heterocycles. The average Bonchev–Trinajstić information content (AvgIpc) is 3.27. The Morgan fingerprint density at radius 1 is 0.903 bits per heavy atom. The fourth-order valence-electron chi connectivity index (χ4n) is 3.08. The van der Waals surface area contributed by atoms with Gasteiger partial charge >= 0.3 is 0 Å². The Morgan fingerprint density at radius 3 is 2.06 bits per heavy atom. The molecule has 0 aliphatic heterocycles. The van der Waals surface area contributed by atoms with Crippen LogP contribution < -0.4 is 5.32 Å². The van der Waals surface area contributed by atoms with E-state index >= 15 is 0 Å². The Bertz CT molecular complexity index is 1090. The van der Waals surface area contributed by atoms with E-state index in [4.69, 9.17) is 16.0 Å². The van der Waals surface area contributed by atoms with Gasteiger partial charge in [-0.1, -0.05) is 84.0 Å². The Kier molecular flexibility index (Phi) is 6.70. The molecule has 1 N–H and O–H groups in total. The predicted molar refractivity (Wildman–Crippen MR) is 123 cm³/mol. The van der Waals surface area contributed by atoms with Crippen LogP contribution in [0.3, 0.4) is 0 Å². The maximum Gasteiger partial charge on any atom is 0.277 e. The summed E-state index contributed by atoms with van der Waals surface area (Å²) in [6.07, 6.45) is 0. The first kappa shape index (κ1) is 21.2. The van der Waals surface area contributed by atoms with Crippen LogP contribution in [0.4, 0.5) is 0 Å². The molecule has 3 aromatic carbocycles. The summed E-state index contributed by atoms with van der Waals surface area (Å²) < 4.78 is 5.72. The van der Waals surface area contributed by atoms with Gasteiger partial charge in [-0.3, -0.25) is 4.79 Å². The zero-order valence-electron chi connectivity index (χ0n) is 16.7. The van der Waals surface area contributed by atoms with Crippen molar-refractivity contribution in [3.63, 3.8) is 0 Å². The van der Waals surface area contributed by atoms with E-state index in [9.17, 15) is 4.79 Å². The molecule has 0 saturated carbocycles. The molecule has 0 radical (unpaired) electrons. The van der Waals surface area contributed by atoms with Crippen molar-refractivity contribution in [2.24, 2.45) is 0 Å². The monoisotopic (exact) mass is 449 g/mol. The summed E-state index contributed by atoms with van der Waals surface area (Å²) in [6, 6.07) is 26.7. The maximum atomic E-state index is 13.0. The molecule has 0 fully saturated rings. The first-order valence-corrected chi connectivity index (χ1v) is 11.0. The van der Waals surface area contributed by atoms with Crippen molar-refractivity contribution in [2.75, 3.05) is 0 Å². The summed E-state index contributed by atoms with van der Waals surface area (Å²) in [7, 11) is 0. The molecular weight excluding hydrogens is 430 g/mol. The van der Waals surface area contributed by atoms with Gasteiger partial charge in [0, 0.05) is 10.6 Å². The second kappa shape index (κ2) is 9.81. The number of nitrogens with zero attached hydrogens (tertiary/aromatic N) is 2. The minimum absolute atomic E-state index is 0.117. The summed E-state index contributed by atoms with van der Waals surface area (Å²) in [5.41, 5.74) is 2.80. The molecule has 1 atom stereocenters. The largest absolute Gasteiger partial charge is 0.411 e. The van der Waals surface area contributed by atoms with Crippen LogP contribution in [0.5, 0.6) is 0 Å². The van der Waals surface area contributed by atoms with E-state index in [1.807, 2.05) is 79.7 Å². The first-order valence-electron chi connectivity index (χ1n) is 9.76. The summed E-state index contributed by atoms with van der Waals surface area (Å²) in [4.78, 5) is 13.0. The third kappa shape index (κ3) is 5.34. The van der Waals surface area contributed by atoms with Gasteiger partial charge in [0.2, 0.25) is 11.8 Å². The van der Waals surface area contributed by atoms with Crippen molar-refractivity contribution in [3.8, 4) is 11.5 Å². The van der Waals surface area contributed by atoms with Crippen LogP contribution in [0.25, 0.3) is 11.5 Å². The van der Waals surface area contributed by atoms with Gasteiger partial charge in [-0.05, 0) is 42.3 Å². The van der Waals surface area contributed by atoms with Gasteiger partial charge in [0.05, 0.1) is 11.3 Å². The normalized spacial score (nSPS) is 12.0. The van der Waals surface area contributed by atoms with Crippen molar-refractivity contribution in [2.45, 2.75) is 23.4 Å². The lowest BCUT2D eigenvalue weighted by atomic mass is 9.98. The van der Waals surface area contributed by atoms with E-state index < -0.39 is 5.25 Å². The van der Waals surface area contributed by atoms with Crippen LogP contribution >= 0.6 is 23.4 Å². The predicted octanol–water partition coefficient (Wildman–Crippen LogP) is 5.78. The highest BCUT2D eigenvalue weighted by atomic mass is 35.5. The van der Waals surface area contributed by atoms with E-state index in [0.717, 1.165) is 16.7 Å². The molecule has 0 spiro atoms. The van der Waals surface area contributed by atoms with Gasteiger partial charge < -0.3 is 9.73 Å². The number of benzene rings is 3. The van der Waals surface area contributed by atoms with E-state index in [0.29, 0.717) is 16.1 Å². The molecule has 0 aliphatic carbocycles. The lowest BCUT2D eigenvalue weighted by Crippen LogP contribution is -2.34. The van der Waals surface area contributed by atoms with E-state index in [1.54, 1.807) is 12.1 Å². The first-order chi connectivity index (χ1) is 15.1. The summed E-state index contributed by atoms with van der Waals surface area (Å²) in [5, 5.41) is 11.8. The molecule has 5 nitrogen and oxygen atoms in total. The number of hydrogen-bond donors (Lipinski definition) is 1. The van der Waals surface area contributed by atoms with Crippen LogP contribution in [-0.4, -0.2) is 21.4 Å². The topological polar surface area (TPSA) is 68.0 Å². The number of carbonyl (C=O) groups excluding carboxylic acids is 1. The highest BCUT2D eigenvalue weighted by Gasteiger charge is 2.23. The number of hydrogen-bond acceptors (Lipinski definition) is 5. The zero-order chi connectivity index (χ0) is 21.6. The minimum atomic E-state index is -0.423. The van der Waals surface area contributed by atoms with Gasteiger partial charge in [0.15, 0.2) is 0 Å². The van der Waals surface area contributed by atoms with Crippen molar-refractivity contribution >= 4 is 29.3 Å². The molecule has 156 valence electrons. The standard InChI is InChI=1S/C24H20ClN3O2S/c1-16(31-24-28-27-23(30-24)19-12-14-20(25)15-13-19)22(29)26-21(17-8-4-2-5-9-17)18-10-6-3-7-11-18/h2-16,21H,1H3,(H,26,29). The smallest absolute Gasteiger partial charge is 0.277 e. The van der Waals surface area contributed by atoms with Crippen LogP contribution in [0.15, 0.2) is 94.6 Å². The molecule has 1 amide bonds. The molecule has 4 aromatic rings. The second-order valence-electron chi connectivity index (χ2n) is 6.90. The van der Waals surface area contributed by atoms with E-state index in [1.165, 1.54) is 11.8 Å². The number of amides is 1. The molecule has 1 unspecified atom stereocenters. The molecule has 1 heterocycles. The van der Waals surface area contributed by atoms with Gasteiger partial charge in [0.1, 0.15) is 0 Å². The third-order valence-corrected chi connectivity index (χ3v) is 5.88. The average molecular weight is 450 g/mol. The Labute approximate surface area is 189 Å². The van der Waals surface area contributed by atoms with Crippen LogP contribution in [-0.2, 0) is 4.79 Å². The van der Waals surface area contributed by atoms with Crippen molar-refractivity contribution in [3.05, 3.63) is 101 Å². The third-order valence-electron chi connectivity index (χ3n) is 4.70. The number of carbonyl (C=O) groups is 1.